The fourth-order valence-electron chi connectivity index (χ4n) is 0.674. The Morgan fingerprint density at radius 3 is 2.38 bits per heavy atom. The van der Waals surface area contributed by atoms with Gasteiger partial charge in [0, 0.05) is 0 Å². The van der Waals surface area contributed by atoms with Crippen LogP contribution >= 0.6 is 0 Å². The van der Waals surface area contributed by atoms with E-state index in [9.17, 15) is 4.79 Å². The van der Waals surface area contributed by atoms with E-state index >= 15 is 0 Å². The van der Waals surface area contributed by atoms with Gasteiger partial charge in [0.25, 0.3) is 0 Å². The van der Waals surface area contributed by atoms with Crippen LogP contribution in [-0.4, -0.2) is 11.1 Å². The zero-order valence-electron chi connectivity index (χ0n) is 4.68. The molecule has 0 aromatic heterocycles. The summed E-state index contributed by atoms with van der Waals surface area (Å²) in [6, 6.07) is 0. The largest absolute Gasteiger partial charge is 0.481 e. The topological polar surface area (TPSA) is 37.3 Å². The SMILES string of the molecule is [CH2]C1(CC(=O)O)CC1. The predicted octanol–water partition coefficient (Wildman–Crippen LogP) is 1.08. The highest BCUT2D eigenvalue weighted by Gasteiger charge is 2.39. The highest BCUT2D eigenvalue weighted by molar-refractivity contribution is 5.68. The van der Waals surface area contributed by atoms with E-state index in [1.165, 1.54) is 0 Å². The third-order valence-electron chi connectivity index (χ3n) is 1.48. The second-order valence-electron chi connectivity index (χ2n) is 2.57. The number of carbonyl (C=O) groups is 1. The molecule has 0 unspecified atom stereocenters. The Balaban J connectivity index is 2.29. The van der Waals surface area contributed by atoms with Gasteiger partial charge in [0.15, 0.2) is 0 Å². The summed E-state index contributed by atoms with van der Waals surface area (Å²) in [7, 11) is 0. The lowest BCUT2D eigenvalue weighted by molar-refractivity contribution is -0.138. The summed E-state index contributed by atoms with van der Waals surface area (Å²) in [6.45, 7) is 3.74. The molecule has 0 aliphatic heterocycles. The van der Waals surface area contributed by atoms with Gasteiger partial charge < -0.3 is 5.11 Å². The minimum Gasteiger partial charge on any atom is -0.481 e. The number of hydrogen-bond acceptors (Lipinski definition) is 1. The number of rotatable bonds is 2. The molecule has 1 N–H and O–H groups in total. The smallest absolute Gasteiger partial charge is 0.303 e. The van der Waals surface area contributed by atoms with Crippen molar-refractivity contribution >= 4 is 5.97 Å². The van der Waals surface area contributed by atoms with Gasteiger partial charge in [0.1, 0.15) is 0 Å². The first-order chi connectivity index (χ1) is 3.62. The minimum absolute atomic E-state index is 0.0775. The van der Waals surface area contributed by atoms with E-state index in [2.05, 4.69) is 6.92 Å². The van der Waals surface area contributed by atoms with Gasteiger partial charge in [-0.1, -0.05) is 0 Å². The lowest BCUT2D eigenvalue weighted by Gasteiger charge is -1.99. The fourth-order valence-corrected chi connectivity index (χ4v) is 0.674. The summed E-state index contributed by atoms with van der Waals surface area (Å²) in [4.78, 5) is 10.0. The van der Waals surface area contributed by atoms with Crippen molar-refractivity contribution in [2.45, 2.75) is 19.3 Å². The molecule has 0 heterocycles. The van der Waals surface area contributed by atoms with Crippen molar-refractivity contribution in [2.24, 2.45) is 5.41 Å². The van der Waals surface area contributed by atoms with Gasteiger partial charge in [0.2, 0.25) is 0 Å². The van der Waals surface area contributed by atoms with E-state index in [0.29, 0.717) is 0 Å². The van der Waals surface area contributed by atoms with E-state index in [1.807, 2.05) is 0 Å². The maximum Gasteiger partial charge on any atom is 0.303 e. The standard InChI is InChI=1S/C6H9O2/c1-6(2-3-6)4-5(7)8/h1-4H2,(H,7,8). The van der Waals surface area contributed by atoms with E-state index in [-0.39, 0.29) is 11.8 Å². The van der Waals surface area contributed by atoms with E-state index in [4.69, 9.17) is 5.11 Å². The zero-order valence-corrected chi connectivity index (χ0v) is 4.68. The lowest BCUT2D eigenvalue weighted by atomic mass is 10.1. The highest BCUT2D eigenvalue weighted by Crippen LogP contribution is 2.47. The molecule has 8 heavy (non-hydrogen) atoms. The van der Waals surface area contributed by atoms with Crippen LogP contribution in [0.4, 0.5) is 0 Å². The molecule has 1 radical (unpaired) electrons. The van der Waals surface area contributed by atoms with E-state index in [0.717, 1.165) is 12.8 Å². The zero-order chi connectivity index (χ0) is 6.20. The van der Waals surface area contributed by atoms with Crippen LogP contribution in [0.15, 0.2) is 0 Å². The summed E-state index contributed by atoms with van der Waals surface area (Å²) in [5.74, 6) is -0.725. The van der Waals surface area contributed by atoms with Gasteiger partial charge in [-0.15, -0.1) is 0 Å². The maximum absolute atomic E-state index is 10.0. The first-order valence-electron chi connectivity index (χ1n) is 2.70. The van der Waals surface area contributed by atoms with Crippen molar-refractivity contribution in [1.29, 1.82) is 0 Å². The number of aliphatic carboxylic acids is 1. The van der Waals surface area contributed by atoms with Crippen LogP contribution in [0.5, 0.6) is 0 Å². The molecule has 1 aliphatic rings. The number of carboxylic acid groups (broad SMARTS) is 1. The minimum atomic E-state index is -0.725. The summed E-state index contributed by atoms with van der Waals surface area (Å²) in [6.07, 6.45) is 2.21. The molecular formula is C6H9O2. The van der Waals surface area contributed by atoms with Crippen LogP contribution in [0.25, 0.3) is 0 Å². The van der Waals surface area contributed by atoms with Crippen LogP contribution in [-0.2, 0) is 4.79 Å². The first-order valence-corrected chi connectivity index (χ1v) is 2.70. The second-order valence-corrected chi connectivity index (χ2v) is 2.57. The third kappa shape index (κ3) is 1.22. The van der Waals surface area contributed by atoms with Crippen LogP contribution in [0, 0.1) is 12.3 Å². The molecule has 1 aliphatic carbocycles. The molecular weight excluding hydrogens is 104 g/mol. The van der Waals surface area contributed by atoms with Crippen molar-refractivity contribution < 1.29 is 9.90 Å². The lowest BCUT2D eigenvalue weighted by Crippen LogP contribution is -2.03. The van der Waals surface area contributed by atoms with E-state index < -0.39 is 5.97 Å². The monoisotopic (exact) mass is 113 g/mol. The molecule has 0 aromatic rings. The third-order valence-corrected chi connectivity index (χ3v) is 1.48. The Labute approximate surface area is 48.5 Å². The van der Waals surface area contributed by atoms with Gasteiger partial charge >= 0.3 is 5.97 Å². The van der Waals surface area contributed by atoms with Crippen molar-refractivity contribution in [2.75, 3.05) is 0 Å². The van der Waals surface area contributed by atoms with Crippen LogP contribution < -0.4 is 0 Å². The molecule has 2 heteroatoms. The maximum atomic E-state index is 10.0. The molecule has 1 saturated carbocycles. The molecule has 2 nitrogen and oxygen atoms in total. The van der Waals surface area contributed by atoms with Gasteiger partial charge in [-0.05, 0) is 25.2 Å². The van der Waals surface area contributed by atoms with Crippen molar-refractivity contribution in [1.82, 2.24) is 0 Å². The average molecular weight is 113 g/mol. The predicted molar refractivity (Wildman–Crippen MR) is 29.3 cm³/mol. The molecule has 45 valence electrons. The van der Waals surface area contributed by atoms with Gasteiger partial charge in [-0.25, -0.2) is 0 Å². The number of carboxylic acids is 1. The van der Waals surface area contributed by atoms with E-state index in [1.54, 1.807) is 0 Å². The van der Waals surface area contributed by atoms with Crippen molar-refractivity contribution in [3.63, 3.8) is 0 Å². The van der Waals surface area contributed by atoms with Gasteiger partial charge in [0.05, 0.1) is 6.42 Å². The van der Waals surface area contributed by atoms with Gasteiger partial charge in [-0.2, -0.15) is 0 Å². The Hall–Kier alpha value is -0.530. The number of hydrogen-bond donors (Lipinski definition) is 1. The van der Waals surface area contributed by atoms with Gasteiger partial charge in [-0.3, -0.25) is 4.79 Å². The first kappa shape index (κ1) is 5.60. The molecule has 0 atom stereocenters. The molecule has 1 rings (SSSR count). The molecule has 0 amide bonds. The molecule has 0 saturated heterocycles. The Kier molecular flexibility index (Phi) is 1.03. The van der Waals surface area contributed by atoms with Crippen molar-refractivity contribution in [3.05, 3.63) is 6.92 Å². The van der Waals surface area contributed by atoms with Crippen LogP contribution in [0.1, 0.15) is 19.3 Å². The Morgan fingerprint density at radius 1 is 1.75 bits per heavy atom. The Morgan fingerprint density at radius 2 is 2.25 bits per heavy atom. The summed E-state index contributed by atoms with van der Waals surface area (Å²) in [5, 5.41) is 8.25. The molecule has 0 bridgehead atoms. The summed E-state index contributed by atoms with van der Waals surface area (Å²) < 4.78 is 0. The van der Waals surface area contributed by atoms with Crippen LogP contribution in [0.2, 0.25) is 0 Å². The quantitative estimate of drug-likeness (QED) is 0.581. The summed E-state index contributed by atoms with van der Waals surface area (Å²) >= 11 is 0. The molecule has 1 fully saturated rings. The second kappa shape index (κ2) is 1.47. The molecule has 0 spiro atoms. The van der Waals surface area contributed by atoms with Crippen LogP contribution in [0.3, 0.4) is 0 Å². The fraction of sp³-hybridized carbons (Fsp3) is 0.667. The Bertz CT molecular complexity index is 114. The summed E-state index contributed by atoms with van der Waals surface area (Å²) in [5.41, 5.74) is -0.0775. The average Bonchev–Trinajstić information content (AvgIpc) is 2.17. The normalized spacial score (nSPS) is 22.6. The molecule has 0 aromatic carbocycles. The van der Waals surface area contributed by atoms with Crippen molar-refractivity contribution in [3.8, 4) is 0 Å². The highest BCUT2D eigenvalue weighted by atomic mass is 16.4.